The second-order valence-electron chi connectivity index (χ2n) is 5.32. The van der Waals surface area contributed by atoms with Gasteiger partial charge in [-0.2, -0.15) is 17.5 Å². The summed E-state index contributed by atoms with van der Waals surface area (Å²) in [5, 5.41) is 0. The molecular formula is C12H13F3N2O3S2. The Bertz CT molecular complexity index is 645. The van der Waals surface area contributed by atoms with Gasteiger partial charge in [0, 0.05) is 42.3 Å². The molecule has 2 saturated heterocycles. The number of ether oxygens (including phenoxy) is 1. The molecule has 2 aliphatic heterocycles. The van der Waals surface area contributed by atoms with E-state index in [-0.39, 0.29) is 19.2 Å². The summed E-state index contributed by atoms with van der Waals surface area (Å²) in [5.41, 5.74) is -5.23. The smallest absolute Gasteiger partial charge is 0.473 e. The molecule has 0 aliphatic carbocycles. The van der Waals surface area contributed by atoms with Gasteiger partial charge in [0.25, 0.3) is 0 Å². The van der Waals surface area contributed by atoms with Crippen LogP contribution in [0.25, 0.3) is 0 Å². The summed E-state index contributed by atoms with van der Waals surface area (Å²) in [6.07, 6.45) is 1.93. The monoisotopic (exact) mass is 354 g/mol. The molecule has 2 fully saturated rings. The molecule has 0 saturated carbocycles. The van der Waals surface area contributed by atoms with Gasteiger partial charge < -0.3 is 4.74 Å². The minimum Gasteiger partial charge on any atom is -0.473 e. The molecule has 1 aromatic rings. The quantitative estimate of drug-likeness (QED) is 0.829. The Morgan fingerprint density at radius 1 is 1.36 bits per heavy atom. The summed E-state index contributed by atoms with van der Waals surface area (Å²) in [4.78, 5) is 4.03. The topological polar surface area (TPSA) is 59.5 Å². The Morgan fingerprint density at radius 3 is 2.68 bits per heavy atom. The summed E-state index contributed by atoms with van der Waals surface area (Å²) in [7, 11) is -5.21. The van der Waals surface area contributed by atoms with E-state index in [1.807, 2.05) is 0 Å². The van der Waals surface area contributed by atoms with Crippen LogP contribution in [0.5, 0.6) is 5.88 Å². The highest BCUT2D eigenvalue weighted by atomic mass is 32.2. The van der Waals surface area contributed by atoms with Crippen LogP contribution in [-0.2, 0) is 10.0 Å². The maximum atomic E-state index is 12.5. The highest BCUT2D eigenvalue weighted by molar-refractivity contribution is 8.01. The van der Waals surface area contributed by atoms with E-state index in [4.69, 9.17) is 4.74 Å². The number of rotatable bonds is 3. The van der Waals surface area contributed by atoms with E-state index in [2.05, 4.69) is 4.98 Å². The first kappa shape index (κ1) is 15.9. The molecule has 0 unspecified atom stereocenters. The van der Waals surface area contributed by atoms with E-state index in [9.17, 15) is 21.6 Å². The molecule has 1 atom stereocenters. The van der Waals surface area contributed by atoms with Crippen molar-refractivity contribution in [1.82, 2.24) is 9.29 Å². The molecule has 5 nitrogen and oxygen atoms in total. The van der Waals surface area contributed by atoms with Gasteiger partial charge in [0.15, 0.2) is 0 Å². The molecule has 22 heavy (non-hydrogen) atoms. The SMILES string of the molecule is O=S(=O)(N1CC2(C[C@@H](Oc3ccccn3)CS2)C1)C(F)(F)F. The number of hydrogen-bond donors (Lipinski definition) is 0. The van der Waals surface area contributed by atoms with Crippen molar-refractivity contribution < 1.29 is 26.3 Å². The fourth-order valence-corrected chi connectivity index (χ4v) is 5.41. The van der Waals surface area contributed by atoms with E-state index in [1.54, 1.807) is 24.4 Å². The molecule has 0 radical (unpaired) electrons. The zero-order valence-electron chi connectivity index (χ0n) is 11.3. The minimum atomic E-state index is -5.23. The Kier molecular flexibility index (Phi) is 3.81. The number of halogens is 3. The van der Waals surface area contributed by atoms with Gasteiger partial charge in [-0.1, -0.05) is 6.07 Å². The number of nitrogens with zero attached hydrogens (tertiary/aromatic N) is 2. The first-order valence-corrected chi connectivity index (χ1v) is 8.93. The van der Waals surface area contributed by atoms with Crippen molar-refractivity contribution in [2.24, 2.45) is 0 Å². The largest absolute Gasteiger partial charge is 0.511 e. The van der Waals surface area contributed by atoms with Crippen molar-refractivity contribution in [2.45, 2.75) is 22.8 Å². The van der Waals surface area contributed by atoms with Crippen molar-refractivity contribution in [2.75, 3.05) is 18.8 Å². The van der Waals surface area contributed by atoms with Crippen molar-refractivity contribution in [3.8, 4) is 5.88 Å². The number of pyridine rings is 1. The highest BCUT2D eigenvalue weighted by Crippen LogP contribution is 2.48. The molecule has 0 aromatic carbocycles. The van der Waals surface area contributed by atoms with Gasteiger partial charge in [-0.15, -0.1) is 11.8 Å². The first-order valence-electron chi connectivity index (χ1n) is 6.50. The third kappa shape index (κ3) is 2.79. The molecule has 3 rings (SSSR count). The van der Waals surface area contributed by atoms with Gasteiger partial charge >= 0.3 is 15.5 Å². The van der Waals surface area contributed by atoms with Crippen molar-refractivity contribution in [1.29, 1.82) is 0 Å². The van der Waals surface area contributed by atoms with Crippen LogP contribution in [0.3, 0.4) is 0 Å². The number of thioether (sulfide) groups is 1. The Hall–Kier alpha value is -1.00. The maximum absolute atomic E-state index is 12.5. The molecule has 0 N–H and O–H groups in total. The van der Waals surface area contributed by atoms with Crippen LogP contribution in [0, 0.1) is 0 Å². The van der Waals surface area contributed by atoms with Crippen LogP contribution in [0.2, 0.25) is 0 Å². The molecule has 3 heterocycles. The van der Waals surface area contributed by atoms with Gasteiger partial charge in [0.05, 0.1) is 0 Å². The van der Waals surface area contributed by atoms with Gasteiger partial charge in [0.2, 0.25) is 5.88 Å². The third-order valence-electron chi connectivity index (χ3n) is 3.66. The van der Waals surface area contributed by atoms with Crippen LogP contribution >= 0.6 is 11.8 Å². The van der Waals surface area contributed by atoms with Crippen LogP contribution in [0.4, 0.5) is 13.2 Å². The van der Waals surface area contributed by atoms with Crippen LogP contribution < -0.4 is 4.74 Å². The highest BCUT2D eigenvalue weighted by Gasteiger charge is 2.60. The molecular weight excluding hydrogens is 341 g/mol. The molecule has 0 amide bonds. The second kappa shape index (κ2) is 5.27. The van der Waals surface area contributed by atoms with Crippen molar-refractivity contribution in [3.63, 3.8) is 0 Å². The standard InChI is InChI=1S/C12H13F3N2O3S2/c13-12(14,15)22(18,19)17-7-11(8-17)5-9(6-21-11)20-10-3-1-2-4-16-10/h1-4,9H,5-8H2/t9-/m1/s1. The fourth-order valence-electron chi connectivity index (χ4n) is 2.60. The predicted molar refractivity (Wildman–Crippen MR) is 75.0 cm³/mol. The zero-order valence-corrected chi connectivity index (χ0v) is 12.9. The lowest BCUT2D eigenvalue weighted by molar-refractivity contribution is -0.0517. The zero-order chi connectivity index (χ0) is 16.0. The van der Waals surface area contributed by atoms with Crippen LogP contribution in [0.1, 0.15) is 6.42 Å². The summed E-state index contributed by atoms with van der Waals surface area (Å²) in [6, 6.07) is 5.24. The third-order valence-corrected chi connectivity index (χ3v) is 6.76. The lowest BCUT2D eigenvalue weighted by atomic mass is 9.95. The molecule has 1 spiro atoms. The number of alkyl halides is 3. The van der Waals surface area contributed by atoms with E-state index < -0.39 is 20.3 Å². The lowest BCUT2D eigenvalue weighted by Crippen LogP contribution is -2.62. The predicted octanol–water partition coefficient (Wildman–Crippen LogP) is 1.87. The van der Waals surface area contributed by atoms with Gasteiger partial charge in [-0.25, -0.2) is 13.4 Å². The molecule has 1 aromatic heterocycles. The molecule has 10 heteroatoms. The number of hydrogen-bond acceptors (Lipinski definition) is 5. The van der Waals surface area contributed by atoms with E-state index >= 15 is 0 Å². The maximum Gasteiger partial charge on any atom is 0.511 e. The minimum absolute atomic E-state index is 0.123. The molecule has 0 bridgehead atoms. The fraction of sp³-hybridized carbons (Fsp3) is 0.583. The van der Waals surface area contributed by atoms with Gasteiger partial charge in [-0.3, -0.25) is 0 Å². The van der Waals surface area contributed by atoms with E-state index in [1.165, 1.54) is 11.8 Å². The average Bonchev–Trinajstić information content (AvgIpc) is 2.81. The van der Waals surface area contributed by atoms with E-state index in [0.29, 0.717) is 22.4 Å². The van der Waals surface area contributed by atoms with Crippen LogP contribution in [0.15, 0.2) is 24.4 Å². The van der Waals surface area contributed by atoms with Crippen LogP contribution in [-0.4, -0.2) is 52.9 Å². The van der Waals surface area contributed by atoms with Gasteiger partial charge in [-0.05, 0) is 6.07 Å². The second-order valence-corrected chi connectivity index (χ2v) is 8.74. The van der Waals surface area contributed by atoms with Gasteiger partial charge in [0.1, 0.15) is 6.10 Å². The van der Waals surface area contributed by atoms with Crippen molar-refractivity contribution in [3.05, 3.63) is 24.4 Å². The summed E-state index contributed by atoms with van der Waals surface area (Å²) >= 11 is 1.46. The Morgan fingerprint density at radius 2 is 2.09 bits per heavy atom. The lowest BCUT2D eigenvalue weighted by Gasteiger charge is -2.46. The van der Waals surface area contributed by atoms with E-state index in [0.717, 1.165) is 0 Å². The molecule has 122 valence electrons. The number of aromatic nitrogens is 1. The number of sulfonamides is 1. The first-order chi connectivity index (χ1) is 10.2. The summed E-state index contributed by atoms with van der Waals surface area (Å²) in [6.45, 7) is -0.247. The Labute approximate surface area is 129 Å². The Balaban J connectivity index is 1.59. The summed E-state index contributed by atoms with van der Waals surface area (Å²) < 4.78 is 65.7. The molecule has 2 aliphatic rings. The van der Waals surface area contributed by atoms with Crippen molar-refractivity contribution >= 4 is 21.8 Å². The average molecular weight is 354 g/mol. The normalized spacial score (nSPS) is 25.1. The summed E-state index contributed by atoms with van der Waals surface area (Å²) in [5.74, 6) is 1.07.